The monoisotopic (exact) mass is 624 g/mol. The van der Waals surface area contributed by atoms with Crippen molar-refractivity contribution in [1.29, 1.82) is 5.26 Å². The van der Waals surface area contributed by atoms with Crippen LogP contribution in [0.4, 0.5) is 18.9 Å². The van der Waals surface area contributed by atoms with E-state index in [9.17, 15) is 28.0 Å². The predicted molar refractivity (Wildman–Crippen MR) is 169 cm³/mol. The molecule has 2 aromatic heterocycles. The molecule has 234 valence electrons. The largest absolute Gasteiger partial charge is 0.416 e. The van der Waals surface area contributed by atoms with Crippen LogP contribution in [-0.4, -0.2) is 32.0 Å². The third-order valence-electron chi connectivity index (χ3n) is 8.68. The Morgan fingerprint density at radius 3 is 2.28 bits per heavy atom. The normalized spacial score (nSPS) is 14.0. The molecule has 1 aliphatic rings. The molecule has 0 N–H and O–H groups in total. The number of piperidine rings is 1. The molecule has 0 atom stereocenters. The van der Waals surface area contributed by atoms with Crippen LogP contribution in [0, 0.1) is 24.2 Å². The molecular formula is C35H31F3N6O2. The number of aromatic nitrogens is 4. The van der Waals surface area contributed by atoms with Crippen molar-refractivity contribution in [2.75, 3.05) is 18.0 Å². The van der Waals surface area contributed by atoms with Crippen molar-refractivity contribution < 1.29 is 13.2 Å². The summed E-state index contributed by atoms with van der Waals surface area (Å²) >= 11 is 0. The zero-order valence-corrected chi connectivity index (χ0v) is 25.3. The Balaban J connectivity index is 1.49. The SMILES string of the molecule is Cc1c(-c2c(N3CCC(Cc4ccccc4)CC3)cnn2-c2ccc(C#N)cc2)c(=O)n(C)c(=O)n1-c1cccc(C(F)(F)F)c1. The molecule has 8 nitrogen and oxygen atoms in total. The molecule has 0 unspecified atom stereocenters. The van der Waals surface area contributed by atoms with Crippen molar-refractivity contribution in [3.8, 4) is 28.7 Å². The van der Waals surface area contributed by atoms with Crippen LogP contribution in [0.1, 0.15) is 35.2 Å². The van der Waals surface area contributed by atoms with Gasteiger partial charge in [-0.2, -0.15) is 23.5 Å². The van der Waals surface area contributed by atoms with Crippen molar-refractivity contribution in [2.24, 2.45) is 13.0 Å². The minimum Gasteiger partial charge on any atom is -0.368 e. The lowest BCUT2D eigenvalue weighted by Crippen LogP contribution is -2.40. The van der Waals surface area contributed by atoms with Gasteiger partial charge in [-0.05, 0) is 80.1 Å². The molecule has 46 heavy (non-hydrogen) atoms. The van der Waals surface area contributed by atoms with E-state index in [0.717, 1.165) is 40.5 Å². The van der Waals surface area contributed by atoms with Gasteiger partial charge in [0.1, 0.15) is 5.69 Å². The first-order valence-corrected chi connectivity index (χ1v) is 14.9. The van der Waals surface area contributed by atoms with Gasteiger partial charge >= 0.3 is 11.9 Å². The van der Waals surface area contributed by atoms with Crippen molar-refractivity contribution in [3.05, 3.63) is 128 Å². The van der Waals surface area contributed by atoms with E-state index < -0.39 is 23.0 Å². The minimum absolute atomic E-state index is 0.0121. The molecule has 3 aromatic carbocycles. The Morgan fingerprint density at radius 1 is 0.935 bits per heavy atom. The van der Waals surface area contributed by atoms with Gasteiger partial charge in [-0.3, -0.25) is 13.9 Å². The number of nitriles is 1. The molecule has 1 aliphatic heterocycles. The standard InChI is InChI=1S/C35H31F3N6O2/c1-23-31(33(45)41(2)34(46)43(23)29-10-6-9-27(20-29)35(36,37)38)32-30(22-40-44(32)28-13-11-26(21-39)12-14-28)42-17-15-25(16-18-42)19-24-7-4-3-5-8-24/h3-14,20,22,25H,15-19H2,1-2H3. The van der Waals surface area contributed by atoms with E-state index in [1.807, 2.05) is 18.2 Å². The Bertz CT molecular complexity index is 2050. The average Bonchev–Trinajstić information content (AvgIpc) is 3.49. The lowest BCUT2D eigenvalue weighted by molar-refractivity contribution is -0.137. The van der Waals surface area contributed by atoms with Gasteiger partial charge in [-0.25, -0.2) is 9.48 Å². The highest BCUT2D eigenvalue weighted by Gasteiger charge is 2.32. The molecule has 11 heteroatoms. The first-order chi connectivity index (χ1) is 22.1. The highest BCUT2D eigenvalue weighted by Crippen LogP contribution is 2.36. The predicted octanol–water partition coefficient (Wildman–Crippen LogP) is 6.05. The molecule has 1 fully saturated rings. The highest BCUT2D eigenvalue weighted by atomic mass is 19.4. The summed E-state index contributed by atoms with van der Waals surface area (Å²) in [5.74, 6) is 0.480. The van der Waals surface area contributed by atoms with Gasteiger partial charge in [0.2, 0.25) is 0 Å². The van der Waals surface area contributed by atoms with Crippen LogP contribution in [0.5, 0.6) is 0 Å². The zero-order chi connectivity index (χ0) is 32.6. The second kappa shape index (κ2) is 12.2. The van der Waals surface area contributed by atoms with Crippen molar-refractivity contribution >= 4 is 5.69 Å². The third-order valence-corrected chi connectivity index (χ3v) is 8.68. The molecule has 1 saturated heterocycles. The Morgan fingerprint density at radius 2 is 1.63 bits per heavy atom. The molecule has 0 amide bonds. The third kappa shape index (κ3) is 5.74. The maximum absolute atomic E-state index is 14.0. The fraction of sp³-hybridized carbons (Fsp3) is 0.257. The van der Waals surface area contributed by atoms with Crippen molar-refractivity contribution in [1.82, 2.24) is 18.9 Å². The van der Waals surface area contributed by atoms with Crippen LogP contribution < -0.4 is 16.1 Å². The van der Waals surface area contributed by atoms with E-state index in [1.165, 1.54) is 24.7 Å². The van der Waals surface area contributed by atoms with E-state index in [1.54, 1.807) is 42.1 Å². The van der Waals surface area contributed by atoms with E-state index in [-0.39, 0.29) is 16.9 Å². The van der Waals surface area contributed by atoms with Gasteiger partial charge in [0.15, 0.2) is 0 Å². The van der Waals surface area contributed by atoms with Gasteiger partial charge in [-0.15, -0.1) is 0 Å². The first kappa shape index (κ1) is 30.6. The Kier molecular flexibility index (Phi) is 8.13. The smallest absolute Gasteiger partial charge is 0.368 e. The number of anilines is 1. The summed E-state index contributed by atoms with van der Waals surface area (Å²) in [5.41, 5.74) is 1.45. The summed E-state index contributed by atoms with van der Waals surface area (Å²) in [6.07, 6.45) is -0.142. The molecule has 3 heterocycles. The number of nitrogens with zero attached hydrogens (tertiary/aromatic N) is 6. The number of alkyl halides is 3. The topological polar surface area (TPSA) is 88.8 Å². The summed E-state index contributed by atoms with van der Waals surface area (Å²) in [7, 11) is 1.31. The summed E-state index contributed by atoms with van der Waals surface area (Å²) < 4.78 is 44.6. The van der Waals surface area contributed by atoms with Crippen LogP contribution in [0.3, 0.4) is 0 Å². The van der Waals surface area contributed by atoms with Crippen LogP contribution >= 0.6 is 0 Å². The summed E-state index contributed by atoms with van der Waals surface area (Å²) in [4.78, 5) is 29.6. The second-order valence-electron chi connectivity index (χ2n) is 11.6. The number of hydrogen-bond acceptors (Lipinski definition) is 5. The lowest BCUT2D eigenvalue weighted by Gasteiger charge is -2.33. The molecular weight excluding hydrogens is 593 g/mol. The molecule has 0 aliphatic carbocycles. The Hall–Kier alpha value is -5.37. The quantitative estimate of drug-likeness (QED) is 0.230. The maximum atomic E-state index is 14.0. The van der Waals surface area contributed by atoms with E-state index >= 15 is 0 Å². The van der Waals surface area contributed by atoms with Crippen molar-refractivity contribution in [3.63, 3.8) is 0 Å². The molecule has 0 radical (unpaired) electrons. The van der Waals surface area contributed by atoms with Gasteiger partial charge in [-0.1, -0.05) is 36.4 Å². The van der Waals surface area contributed by atoms with Crippen molar-refractivity contribution in [2.45, 2.75) is 32.4 Å². The van der Waals surface area contributed by atoms with Gasteiger partial charge in [0.25, 0.3) is 5.56 Å². The van der Waals surface area contributed by atoms with Crippen LogP contribution in [0.2, 0.25) is 0 Å². The van der Waals surface area contributed by atoms with E-state index in [2.05, 4.69) is 28.2 Å². The number of rotatable bonds is 6. The van der Waals surface area contributed by atoms with E-state index in [4.69, 9.17) is 0 Å². The summed E-state index contributed by atoms with van der Waals surface area (Å²) in [5, 5.41) is 14.0. The first-order valence-electron chi connectivity index (χ1n) is 14.9. The fourth-order valence-corrected chi connectivity index (χ4v) is 6.22. The highest BCUT2D eigenvalue weighted by molar-refractivity contribution is 5.78. The fourth-order valence-electron chi connectivity index (χ4n) is 6.22. The summed E-state index contributed by atoms with van der Waals surface area (Å²) in [6.45, 7) is 2.97. The average molecular weight is 625 g/mol. The lowest BCUT2D eigenvalue weighted by atomic mass is 9.90. The maximum Gasteiger partial charge on any atom is 0.416 e. The molecule has 5 aromatic rings. The minimum atomic E-state index is -4.62. The summed E-state index contributed by atoms with van der Waals surface area (Å²) in [6, 6.07) is 23.6. The van der Waals surface area contributed by atoms with Gasteiger partial charge < -0.3 is 4.90 Å². The van der Waals surface area contributed by atoms with Gasteiger partial charge in [0, 0.05) is 25.8 Å². The number of benzene rings is 3. The number of halogens is 3. The molecule has 0 bridgehead atoms. The molecule has 6 rings (SSSR count). The van der Waals surface area contributed by atoms with Crippen LogP contribution in [-0.2, 0) is 19.6 Å². The van der Waals surface area contributed by atoms with Crippen LogP contribution in [0.25, 0.3) is 22.6 Å². The zero-order valence-electron chi connectivity index (χ0n) is 25.3. The molecule has 0 spiro atoms. The van der Waals surface area contributed by atoms with E-state index in [0.29, 0.717) is 41.6 Å². The Labute approximate surface area is 263 Å². The second-order valence-corrected chi connectivity index (χ2v) is 11.6. The van der Waals surface area contributed by atoms with Gasteiger partial charge in [0.05, 0.1) is 46.0 Å². The van der Waals surface area contributed by atoms with Crippen LogP contribution in [0.15, 0.2) is 94.6 Å². The molecule has 0 saturated carbocycles. The number of hydrogen-bond donors (Lipinski definition) is 0.